The lowest BCUT2D eigenvalue weighted by Crippen LogP contribution is -2.37. The molecule has 3 aromatic rings. The Morgan fingerprint density at radius 3 is 2.86 bits per heavy atom. The second kappa shape index (κ2) is 7.52. The summed E-state index contributed by atoms with van der Waals surface area (Å²) in [6.07, 6.45) is 3.66. The third-order valence-electron chi connectivity index (χ3n) is 5.04. The fraction of sp³-hybridized carbons (Fsp3) is 0.450. The topological polar surface area (TPSA) is 69.5 Å². The van der Waals surface area contributed by atoms with Crippen LogP contribution in [0.5, 0.6) is 5.88 Å². The largest absolute Gasteiger partial charge is 0.479 e. The van der Waals surface area contributed by atoms with E-state index in [0.717, 1.165) is 40.8 Å². The fourth-order valence-corrected chi connectivity index (χ4v) is 4.63. The molecule has 0 unspecified atom stereocenters. The Morgan fingerprint density at radius 1 is 1.39 bits per heavy atom. The molecule has 1 aromatic carbocycles. The van der Waals surface area contributed by atoms with Gasteiger partial charge in [0.05, 0.1) is 30.0 Å². The zero-order chi connectivity index (χ0) is 19.8. The van der Waals surface area contributed by atoms with Gasteiger partial charge in [0.1, 0.15) is 5.56 Å². The molecule has 0 bridgehead atoms. The van der Waals surface area contributed by atoms with Crippen molar-refractivity contribution < 1.29 is 14.3 Å². The molecule has 0 N–H and O–H groups in total. The van der Waals surface area contributed by atoms with Crippen molar-refractivity contribution in [3.8, 4) is 5.88 Å². The average molecular weight is 401 g/mol. The highest BCUT2D eigenvalue weighted by Gasteiger charge is 2.30. The smallest absolute Gasteiger partial charge is 0.267 e. The number of nitrogens with zero attached hydrogens (tertiary/aromatic N) is 4. The summed E-state index contributed by atoms with van der Waals surface area (Å²) in [5, 5.41) is 4.91. The number of anilines is 1. The van der Waals surface area contributed by atoms with Gasteiger partial charge in [-0.2, -0.15) is 0 Å². The maximum absolute atomic E-state index is 13.5. The molecule has 4 rings (SSSR count). The Balaban J connectivity index is 1.78. The number of thiazole rings is 1. The van der Waals surface area contributed by atoms with Crippen molar-refractivity contribution in [2.75, 3.05) is 25.2 Å². The zero-order valence-electron chi connectivity index (χ0n) is 16.6. The van der Waals surface area contributed by atoms with Crippen molar-refractivity contribution in [2.45, 2.75) is 32.8 Å². The zero-order valence-corrected chi connectivity index (χ0v) is 17.4. The van der Waals surface area contributed by atoms with Crippen LogP contribution in [-0.2, 0) is 11.8 Å². The van der Waals surface area contributed by atoms with Crippen LogP contribution in [0.1, 0.15) is 34.3 Å². The molecule has 148 valence electrons. The number of fused-ring (bicyclic) bond motifs is 1. The number of hydrogen-bond acceptors (Lipinski definition) is 6. The molecule has 0 radical (unpaired) electrons. The minimum Gasteiger partial charge on any atom is -0.479 e. The molecule has 1 aliphatic rings. The van der Waals surface area contributed by atoms with E-state index in [2.05, 4.69) is 24.2 Å². The predicted octanol–water partition coefficient (Wildman–Crippen LogP) is 3.48. The van der Waals surface area contributed by atoms with Gasteiger partial charge < -0.3 is 9.47 Å². The van der Waals surface area contributed by atoms with Gasteiger partial charge in [-0.1, -0.05) is 23.5 Å². The van der Waals surface area contributed by atoms with Gasteiger partial charge in [0, 0.05) is 19.9 Å². The lowest BCUT2D eigenvalue weighted by molar-refractivity contribution is 0.0915. The molecule has 1 fully saturated rings. The first kappa shape index (κ1) is 18.9. The van der Waals surface area contributed by atoms with Crippen molar-refractivity contribution in [1.29, 1.82) is 0 Å². The Hall–Kier alpha value is -2.45. The van der Waals surface area contributed by atoms with Crippen molar-refractivity contribution in [2.24, 2.45) is 7.05 Å². The van der Waals surface area contributed by atoms with Gasteiger partial charge in [-0.15, -0.1) is 5.10 Å². The van der Waals surface area contributed by atoms with Gasteiger partial charge in [0.25, 0.3) is 5.91 Å². The number of hydrogen-bond donors (Lipinski definition) is 0. The Morgan fingerprint density at radius 2 is 2.18 bits per heavy atom. The number of aryl methyl sites for hydroxylation is 3. The maximum Gasteiger partial charge on any atom is 0.267 e. The maximum atomic E-state index is 13.5. The van der Waals surface area contributed by atoms with E-state index in [1.165, 1.54) is 7.11 Å². The number of ether oxygens (including phenoxy) is 2. The minimum absolute atomic E-state index is 0.0147. The second-order valence-electron chi connectivity index (χ2n) is 7.15. The summed E-state index contributed by atoms with van der Waals surface area (Å²) < 4.78 is 13.8. The molecule has 1 amide bonds. The normalized spacial score (nSPS) is 16.6. The average Bonchev–Trinajstić information content (AvgIpc) is 3.41. The highest BCUT2D eigenvalue weighted by atomic mass is 32.1. The Bertz CT molecular complexity index is 981. The molecule has 1 saturated heterocycles. The van der Waals surface area contributed by atoms with Crippen LogP contribution in [0.25, 0.3) is 10.2 Å². The molecular formula is C20H24N4O3S. The first-order valence-electron chi connectivity index (χ1n) is 9.35. The van der Waals surface area contributed by atoms with Crippen LogP contribution < -0.4 is 9.64 Å². The van der Waals surface area contributed by atoms with Crippen LogP contribution in [0.3, 0.4) is 0 Å². The number of carbonyl (C=O) groups excluding carboxylic acids is 1. The van der Waals surface area contributed by atoms with Crippen molar-refractivity contribution >= 4 is 32.6 Å². The van der Waals surface area contributed by atoms with Crippen molar-refractivity contribution in [3.05, 3.63) is 35.0 Å². The van der Waals surface area contributed by atoms with Crippen molar-refractivity contribution in [3.63, 3.8) is 0 Å². The summed E-state index contributed by atoms with van der Waals surface area (Å²) in [6, 6.07) is 4.16. The molecular weight excluding hydrogens is 376 g/mol. The van der Waals surface area contributed by atoms with E-state index >= 15 is 0 Å². The van der Waals surface area contributed by atoms with Crippen LogP contribution in [-0.4, -0.2) is 47.0 Å². The summed E-state index contributed by atoms with van der Waals surface area (Å²) in [4.78, 5) is 20.0. The molecule has 1 aliphatic heterocycles. The summed E-state index contributed by atoms with van der Waals surface area (Å²) >= 11 is 1.54. The van der Waals surface area contributed by atoms with E-state index in [1.54, 1.807) is 34.2 Å². The molecule has 8 heteroatoms. The molecule has 0 saturated carbocycles. The third kappa shape index (κ3) is 3.38. The Kier molecular flexibility index (Phi) is 5.07. The standard InChI is InChI=1S/C20H24N4O3S/c1-12-7-8-13(2)17-16(12)21-20(28-17)24(10-14-6-5-9-27-14)19(25)15-11-23(3)22-18(15)26-4/h7-8,11,14H,5-6,9-10H2,1-4H3/t14-/m1/s1. The van der Waals surface area contributed by atoms with E-state index in [4.69, 9.17) is 14.5 Å². The third-order valence-corrected chi connectivity index (χ3v) is 6.25. The van der Waals surface area contributed by atoms with E-state index in [0.29, 0.717) is 23.1 Å². The first-order chi connectivity index (χ1) is 13.5. The van der Waals surface area contributed by atoms with Gasteiger partial charge >= 0.3 is 0 Å². The first-order valence-corrected chi connectivity index (χ1v) is 10.2. The number of methoxy groups -OCH3 is 1. The van der Waals surface area contributed by atoms with Crippen LogP contribution in [0.15, 0.2) is 18.3 Å². The van der Waals surface area contributed by atoms with Crippen LogP contribution in [0.2, 0.25) is 0 Å². The summed E-state index contributed by atoms with van der Waals surface area (Å²) in [5.41, 5.74) is 3.64. The number of rotatable bonds is 5. The molecule has 3 heterocycles. The SMILES string of the molecule is COc1nn(C)cc1C(=O)N(C[C@H]1CCCO1)c1nc2c(C)ccc(C)c2s1. The van der Waals surface area contributed by atoms with Crippen LogP contribution >= 0.6 is 11.3 Å². The van der Waals surface area contributed by atoms with Gasteiger partial charge in [-0.3, -0.25) is 14.4 Å². The predicted molar refractivity (Wildman–Crippen MR) is 110 cm³/mol. The highest BCUT2D eigenvalue weighted by molar-refractivity contribution is 7.22. The summed E-state index contributed by atoms with van der Waals surface area (Å²) in [5.74, 6) is 0.146. The monoisotopic (exact) mass is 400 g/mol. The number of amides is 1. The van der Waals surface area contributed by atoms with Gasteiger partial charge in [0.15, 0.2) is 5.13 Å². The fourth-order valence-electron chi connectivity index (χ4n) is 3.51. The second-order valence-corrected chi connectivity index (χ2v) is 8.13. The minimum atomic E-state index is -0.171. The lowest BCUT2D eigenvalue weighted by Gasteiger charge is -2.22. The molecule has 7 nitrogen and oxygen atoms in total. The van der Waals surface area contributed by atoms with Crippen LogP contribution in [0, 0.1) is 13.8 Å². The van der Waals surface area contributed by atoms with Gasteiger partial charge in [-0.25, -0.2) is 4.98 Å². The molecule has 2 aromatic heterocycles. The quantitative estimate of drug-likeness (QED) is 0.656. The van der Waals surface area contributed by atoms with E-state index < -0.39 is 0 Å². The Labute approximate surface area is 167 Å². The molecule has 1 atom stereocenters. The summed E-state index contributed by atoms with van der Waals surface area (Å²) in [6.45, 7) is 5.32. The molecule has 0 spiro atoms. The van der Waals surface area contributed by atoms with E-state index in [1.807, 2.05) is 6.92 Å². The number of carbonyl (C=O) groups is 1. The summed E-state index contributed by atoms with van der Waals surface area (Å²) in [7, 11) is 3.29. The number of aromatic nitrogens is 3. The molecule has 0 aliphatic carbocycles. The van der Waals surface area contributed by atoms with E-state index in [9.17, 15) is 4.79 Å². The lowest BCUT2D eigenvalue weighted by atomic mass is 10.1. The highest BCUT2D eigenvalue weighted by Crippen LogP contribution is 2.35. The molecule has 28 heavy (non-hydrogen) atoms. The van der Waals surface area contributed by atoms with Gasteiger partial charge in [0.2, 0.25) is 5.88 Å². The van der Waals surface area contributed by atoms with E-state index in [-0.39, 0.29) is 12.0 Å². The van der Waals surface area contributed by atoms with Crippen molar-refractivity contribution in [1.82, 2.24) is 14.8 Å². The van der Waals surface area contributed by atoms with Crippen LogP contribution in [0.4, 0.5) is 5.13 Å². The van der Waals surface area contributed by atoms with Gasteiger partial charge in [-0.05, 0) is 37.8 Å². The number of benzene rings is 1.